The summed E-state index contributed by atoms with van der Waals surface area (Å²) in [6, 6.07) is 12.9. The Bertz CT molecular complexity index is 963. The standard InChI is InChI=1S/C24H27F2N3O4/c25-16-12-17(26)14-20(13-16)33-19-6-7-21(22(15-19)23(30)27-32)24(31)29-10-8-28(9-11-29)18-4-2-1-3-5-18/h1-5,12-14,19,21-22,32H,6-11,15H2,(H,27,30)/t19-,21+,22+/m1/s1. The summed E-state index contributed by atoms with van der Waals surface area (Å²) in [5, 5.41) is 9.24. The van der Waals surface area contributed by atoms with E-state index in [1.165, 1.54) is 0 Å². The van der Waals surface area contributed by atoms with Crippen LogP contribution in [0.25, 0.3) is 0 Å². The molecule has 2 aromatic carbocycles. The van der Waals surface area contributed by atoms with E-state index in [0.29, 0.717) is 39.0 Å². The molecule has 1 heterocycles. The summed E-state index contributed by atoms with van der Waals surface area (Å²) < 4.78 is 32.7. The van der Waals surface area contributed by atoms with Crippen LogP contribution in [0, 0.1) is 23.5 Å². The molecule has 0 radical (unpaired) electrons. The largest absolute Gasteiger partial charge is 0.490 e. The third kappa shape index (κ3) is 5.42. The molecule has 1 saturated carbocycles. The molecule has 33 heavy (non-hydrogen) atoms. The molecule has 1 aliphatic carbocycles. The number of benzene rings is 2. The predicted octanol–water partition coefficient (Wildman–Crippen LogP) is 2.98. The smallest absolute Gasteiger partial charge is 0.247 e. The highest BCUT2D eigenvalue weighted by Crippen LogP contribution is 2.35. The number of carbonyl (C=O) groups excluding carboxylic acids is 2. The number of nitrogens with one attached hydrogen (secondary N) is 1. The van der Waals surface area contributed by atoms with Crippen molar-refractivity contribution in [3.05, 3.63) is 60.2 Å². The fourth-order valence-corrected chi connectivity index (χ4v) is 4.75. The number of hydroxylamine groups is 1. The van der Waals surface area contributed by atoms with Gasteiger partial charge < -0.3 is 14.5 Å². The summed E-state index contributed by atoms with van der Waals surface area (Å²) in [5.74, 6) is -3.65. The fraction of sp³-hybridized carbons (Fsp3) is 0.417. The highest BCUT2D eigenvalue weighted by Gasteiger charge is 2.42. The van der Waals surface area contributed by atoms with Crippen LogP contribution >= 0.6 is 0 Å². The monoisotopic (exact) mass is 459 g/mol. The molecular weight excluding hydrogens is 432 g/mol. The highest BCUT2D eigenvalue weighted by molar-refractivity contribution is 5.87. The third-order valence-corrected chi connectivity index (χ3v) is 6.42. The van der Waals surface area contributed by atoms with Gasteiger partial charge in [0.15, 0.2) is 0 Å². The lowest BCUT2D eigenvalue weighted by atomic mass is 9.76. The zero-order valence-corrected chi connectivity index (χ0v) is 18.1. The van der Waals surface area contributed by atoms with Crippen molar-refractivity contribution in [2.24, 2.45) is 11.8 Å². The van der Waals surface area contributed by atoms with Crippen molar-refractivity contribution in [3.8, 4) is 5.75 Å². The fourth-order valence-electron chi connectivity index (χ4n) is 4.75. The van der Waals surface area contributed by atoms with Gasteiger partial charge in [-0.15, -0.1) is 0 Å². The van der Waals surface area contributed by atoms with Crippen molar-refractivity contribution in [2.75, 3.05) is 31.1 Å². The van der Waals surface area contributed by atoms with Crippen molar-refractivity contribution in [3.63, 3.8) is 0 Å². The lowest BCUT2D eigenvalue weighted by molar-refractivity contribution is -0.148. The van der Waals surface area contributed by atoms with E-state index in [4.69, 9.17) is 4.74 Å². The number of halogens is 2. The average Bonchev–Trinajstić information content (AvgIpc) is 2.83. The van der Waals surface area contributed by atoms with Crippen LogP contribution in [0.15, 0.2) is 48.5 Å². The first-order valence-corrected chi connectivity index (χ1v) is 11.1. The maximum absolute atomic E-state index is 13.5. The number of hydrogen-bond acceptors (Lipinski definition) is 5. The first-order valence-electron chi connectivity index (χ1n) is 11.1. The van der Waals surface area contributed by atoms with Gasteiger partial charge in [0.2, 0.25) is 11.8 Å². The molecule has 0 spiro atoms. The van der Waals surface area contributed by atoms with Gasteiger partial charge in [-0.1, -0.05) is 18.2 Å². The van der Waals surface area contributed by atoms with Crippen LogP contribution in [0.4, 0.5) is 14.5 Å². The quantitative estimate of drug-likeness (QED) is 0.531. The lowest BCUT2D eigenvalue weighted by Crippen LogP contribution is -2.53. The minimum absolute atomic E-state index is 0.0301. The van der Waals surface area contributed by atoms with E-state index >= 15 is 0 Å². The Hall–Kier alpha value is -3.20. The van der Waals surface area contributed by atoms with E-state index < -0.39 is 35.5 Å². The summed E-state index contributed by atoms with van der Waals surface area (Å²) in [6.07, 6.45) is 0.476. The number of carbonyl (C=O) groups is 2. The minimum Gasteiger partial charge on any atom is -0.490 e. The number of nitrogens with zero attached hydrogens (tertiary/aromatic N) is 2. The molecule has 176 valence electrons. The normalized spacial score (nSPS) is 23.2. The van der Waals surface area contributed by atoms with E-state index in [9.17, 15) is 23.6 Å². The summed E-state index contributed by atoms with van der Waals surface area (Å²) in [4.78, 5) is 29.7. The molecule has 4 rings (SSSR count). The van der Waals surface area contributed by atoms with Crippen LogP contribution in [0.3, 0.4) is 0 Å². The van der Waals surface area contributed by atoms with Crippen LogP contribution in [0.5, 0.6) is 5.75 Å². The van der Waals surface area contributed by atoms with Gasteiger partial charge in [-0.3, -0.25) is 14.8 Å². The number of para-hydroxylation sites is 1. The second kappa shape index (κ2) is 10.2. The molecule has 0 unspecified atom stereocenters. The van der Waals surface area contributed by atoms with E-state index in [1.54, 1.807) is 10.4 Å². The number of amides is 2. The molecule has 0 bridgehead atoms. The summed E-state index contributed by atoms with van der Waals surface area (Å²) >= 11 is 0. The van der Waals surface area contributed by atoms with Gasteiger partial charge in [0, 0.05) is 50.1 Å². The first kappa shape index (κ1) is 23.0. The lowest BCUT2D eigenvalue weighted by Gasteiger charge is -2.40. The molecule has 2 aliphatic rings. The Kier molecular flexibility index (Phi) is 7.08. The molecule has 9 heteroatoms. The molecule has 3 atom stereocenters. The molecule has 1 saturated heterocycles. The Morgan fingerprint density at radius 2 is 1.61 bits per heavy atom. The van der Waals surface area contributed by atoms with Gasteiger partial charge >= 0.3 is 0 Å². The minimum atomic E-state index is -0.799. The SMILES string of the molecule is O=C(NO)[C@H]1C[C@H](Oc2cc(F)cc(F)c2)CC[C@@H]1C(=O)N1CCN(c2ccccc2)CC1. The number of piperazine rings is 1. The highest BCUT2D eigenvalue weighted by atomic mass is 19.1. The Balaban J connectivity index is 1.39. The van der Waals surface area contributed by atoms with Gasteiger partial charge in [-0.05, 0) is 31.4 Å². The van der Waals surface area contributed by atoms with E-state index in [1.807, 2.05) is 30.3 Å². The topological polar surface area (TPSA) is 82.1 Å². The number of anilines is 1. The Labute approximate surface area is 190 Å². The van der Waals surface area contributed by atoms with Gasteiger partial charge in [-0.25, -0.2) is 14.3 Å². The molecule has 2 N–H and O–H groups in total. The molecule has 2 fully saturated rings. The van der Waals surface area contributed by atoms with Crippen LogP contribution in [-0.4, -0.2) is 54.2 Å². The number of rotatable bonds is 5. The van der Waals surface area contributed by atoms with E-state index in [2.05, 4.69) is 4.90 Å². The Morgan fingerprint density at radius 3 is 2.24 bits per heavy atom. The van der Waals surface area contributed by atoms with Gasteiger partial charge in [0.1, 0.15) is 17.4 Å². The second-order valence-corrected chi connectivity index (χ2v) is 8.49. The van der Waals surface area contributed by atoms with E-state index in [0.717, 1.165) is 23.9 Å². The van der Waals surface area contributed by atoms with E-state index in [-0.39, 0.29) is 18.1 Å². The molecular formula is C24H27F2N3O4. The van der Waals surface area contributed by atoms with Crippen LogP contribution in [-0.2, 0) is 9.59 Å². The Morgan fingerprint density at radius 1 is 0.939 bits per heavy atom. The zero-order chi connectivity index (χ0) is 23.4. The summed E-state index contributed by atoms with van der Waals surface area (Å²) in [7, 11) is 0. The average molecular weight is 459 g/mol. The van der Waals surface area contributed by atoms with Crippen molar-refractivity contribution in [2.45, 2.75) is 25.4 Å². The van der Waals surface area contributed by atoms with Crippen molar-refractivity contribution >= 4 is 17.5 Å². The maximum atomic E-state index is 13.5. The predicted molar refractivity (Wildman–Crippen MR) is 117 cm³/mol. The summed E-state index contributed by atoms with van der Waals surface area (Å²) in [5.41, 5.74) is 2.77. The molecule has 2 amide bonds. The summed E-state index contributed by atoms with van der Waals surface area (Å²) in [6.45, 7) is 2.47. The number of hydrogen-bond donors (Lipinski definition) is 2. The van der Waals surface area contributed by atoms with Crippen molar-refractivity contribution in [1.29, 1.82) is 0 Å². The maximum Gasteiger partial charge on any atom is 0.247 e. The third-order valence-electron chi connectivity index (χ3n) is 6.42. The molecule has 7 nitrogen and oxygen atoms in total. The van der Waals surface area contributed by atoms with Crippen LogP contribution < -0.4 is 15.1 Å². The number of ether oxygens (including phenoxy) is 1. The molecule has 2 aromatic rings. The first-order chi connectivity index (χ1) is 15.9. The second-order valence-electron chi connectivity index (χ2n) is 8.49. The molecule has 0 aromatic heterocycles. The van der Waals surface area contributed by atoms with Gasteiger partial charge in [0.25, 0.3) is 0 Å². The van der Waals surface area contributed by atoms with Gasteiger partial charge in [0.05, 0.1) is 17.9 Å². The molecule has 1 aliphatic heterocycles. The van der Waals surface area contributed by atoms with Crippen molar-refractivity contribution in [1.82, 2.24) is 10.4 Å². The zero-order valence-electron chi connectivity index (χ0n) is 18.1. The van der Waals surface area contributed by atoms with Gasteiger partial charge in [-0.2, -0.15) is 0 Å². The van der Waals surface area contributed by atoms with Crippen molar-refractivity contribution < 1.29 is 28.3 Å². The van der Waals surface area contributed by atoms with Crippen LogP contribution in [0.2, 0.25) is 0 Å². The van der Waals surface area contributed by atoms with Crippen LogP contribution in [0.1, 0.15) is 19.3 Å².